The third-order valence-electron chi connectivity index (χ3n) is 3.70. The highest BCUT2D eigenvalue weighted by molar-refractivity contribution is 14.0. The molecule has 0 saturated carbocycles. The highest BCUT2D eigenvalue weighted by Crippen LogP contribution is 2.21. The number of aliphatic imine (C=N–C) groups is 1. The number of aliphatic hydroxyl groups excluding tert-OH is 1. The number of aryl methyl sites for hydroxylation is 1. The first-order valence-corrected chi connectivity index (χ1v) is 7.91. The molecule has 0 bridgehead atoms. The number of benzene rings is 2. The van der Waals surface area contributed by atoms with Gasteiger partial charge in [0.15, 0.2) is 5.96 Å². The smallest absolute Gasteiger partial charge is 0.193 e. The largest absolute Gasteiger partial charge is 0.393 e. The SMILES string of the molecule is Cc1ccc(NC(N)=NCC(CC(C)O)c2ccccc2)cc1.I. The van der Waals surface area contributed by atoms with E-state index in [4.69, 9.17) is 5.73 Å². The molecule has 2 rings (SSSR count). The van der Waals surface area contributed by atoms with Gasteiger partial charge >= 0.3 is 0 Å². The predicted molar refractivity (Wildman–Crippen MR) is 112 cm³/mol. The van der Waals surface area contributed by atoms with Crippen molar-refractivity contribution in [3.63, 3.8) is 0 Å². The van der Waals surface area contributed by atoms with Crippen LogP contribution < -0.4 is 11.1 Å². The number of rotatable bonds is 6. The number of aliphatic hydroxyl groups is 1. The molecule has 0 radical (unpaired) electrons. The lowest BCUT2D eigenvalue weighted by atomic mass is 9.93. The standard InChI is InChI=1S/C19H25N3O.HI/c1-14-8-10-18(11-9-14)22-19(20)21-13-17(12-15(2)23)16-6-4-3-5-7-16;/h3-11,15,17,23H,12-13H2,1-2H3,(H3,20,21,22);1H. The maximum atomic E-state index is 9.72. The van der Waals surface area contributed by atoms with Crippen LogP contribution >= 0.6 is 24.0 Å². The Balaban J connectivity index is 0.00000288. The third kappa shape index (κ3) is 6.88. The average Bonchev–Trinajstić information content (AvgIpc) is 2.54. The lowest BCUT2D eigenvalue weighted by Crippen LogP contribution is -2.24. The Morgan fingerprint density at radius 2 is 1.75 bits per heavy atom. The molecule has 0 saturated heterocycles. The van der Waals surface area contributed by atoms with Crippen LogP contribution in [0.4, 0.5) is 5.69 Å². The molecule has 0 aliphatic carbocycles. The molecule has 4 N–H and O–H groups in total. The number of anilines is 1. The van der Waals surface area contributed by atoms with E-state index in [-0.39, 0.29) is 36.0 Å². The van der Waals surface area contributed by atoms with Crippen molar-refractivity contribution >= 4 is 35.6 Å². The number of hydrogen-bond donors (Lipinski definition) is 3. The fourth-order valence-electron chi connectivity index (χ4n) is 2.49. The number of nitrogens with zero attached hydrogens (tertiary/aromatic N) is 1. The average molecular weight is 439 g/mol. The summed E-state index contributed by atoms with van der Waals surface area (Å²) in [6, 6.07) is 18.1. The van der Waals surface area contributed by atoms with Crippen molar-refractivity contribution in [2.75, 3.05) is 11.9 Å². The molecule has 0 aliphatic heterocycles. The van der Waals surface area contributed by atoms with Crippen LogP contribution in [0.5, 0.6) is 0 Å². The highest BCUT2D eigenvalue weighted by Gasteiger charge is 2.13. The lowest BCUT2D eigenvalue weighted by Gasteiger charge is -2.17. The molecule has 0 fully saturated rings. The monoisotopic (exact) mass is 439 g/mol. The van der Waals surface area contributed by atoms with Gasteiger partial charge in [-0.15, -0.1) is 24.0 Å². The van der Waals surface area contributed by atoms with E-state index in [0.717, 1.165) is 5.69 Å². The summed E-state index contributed by atoms with van der Waals surface area (Å²) >= 11 is 0. The van der Waals surface area contributed by atoms with Gasteiger partial charge in [0.1, 0.15) is 0 Å². The van der Waals surface area contributed by atoms with Crippen molar-refractivity contribution in [3.05, 3.63) is 65.7 Å². The highest BCUT2D eigenvalue weighted by atomic mass is 127. The van der Waals surface area contributed by atoms with E-state index in [1.807, 2.05) is 49.4 Å². The minimum Gasteiger partial charge on any atom is -0.393 e. The van der Waals surface area contributed by atoms with Crippen LogP contribution in [0.3, 0.4) is 0 Å². The number of hydrogen-bond acceptors (Lipinski definition) is 2. The molecule has 2 atom stereocenters. The molecule has 0 aromatic heterocycles. The summed E-state index contributed by atoms with van der Waals surface area (Å²) in [6.45, 7) is 4.38. The maximum Gasteiger partial charge on any atom is 0.193 e. The fraction of sp³-hybridized carbons (Fsp3) is 0.316. The molecule has 0 amide bonds. The van der Waals surface area contributed by atoms with E-state index in [2.05, 4.69) is 22.4 Å². The van der Waals surface area contributed by atoms with Crippen LogP contribution in [0.15, 0.2) is 59.6 Å². The van der Waals surface area contributed by atoms with Gasteiger partial charge in [-0.2, -0.15) is 0 Å². The second-order valence-electron chi connectivity index (χ2n) is 5.91. The van der Waals surface area contributed by atoms with Crippen molar-refractivity contribution in [3.8, 4) is 0 Å². The summed E-state index contributed by atoms with van der Waals surface area (Å²) in [5.74, 6) is 0.537. The summed E-state index contributed by atoms with van der Waals surface area (Å²) in [6.07, 6.45) is 0.285. The van der Waals surface area contributed by atoms with E-state index in [1.54, 1.807) is 6.92 Å². The number of guanidine groups is 1. The zero-order chi connectivity index (χ0) is 16.7. The minimum atomic E-state index is -0.373. The van der Waals surface area contributed by atoms with Crippen LogP contribution in [0.2, 0.25) is 0 Å². The Kier molecular flexibility index (Phi) is 8.78. The number of halogens is 1. The van der Waals surface area contributed by atoms with Crippen molar-refractivity contribution in [1.29, 1.82) is 0 Å². The van der Waals surface area contributed by atoms with Crippen molar-refractivity contribution in [2.24, 2.45) is 10.7 Å². The summed E-state index contributed by atoms with van der Waals surface area (Å²) in [5, 5.41) is 12.8. The maximum absolute atomic E-state index is 9.72. The quantitative estimate of drug-likeness (QED) is 0.363. The molecular weight excluding hydrogens is 413 g/mol. The fourth-order valence-corrected chi connectivity index (χ4v) is 2.49. The molecular formula is C19H26IN3O. The number of nitrogens with two attached hydrogens (primary N) is 1. The van der Waals surface area contributed by atoms with Gasteiger partial charge in [0, 0.05) is 18.2 Å². The van der Waals surface area contributed by atoms with Gasteiger partial charge in [0.05, 0.1) is 6.10 Å². The minimum absolute atomic E-state index is 0. The topological polar surface area (TPSA) is 70.6 Å². The molecule has 2 aromatic carbocycles. The van der Waals surface area contributed by atoms with Crippen molar-refractivity contribution in [1.82, 2.24) is 0 Å². The lowest BCUT2D eigenvalue weighted by molar-refractivity contribution is 0.175. The number of nitrogens with one attached hydrogen (secondary N) is 1. The first kappa shape index (κ1) is 20.4. The molecule has 0 spiro atoms. The summed E-state index contributed by atoms with van der Waals surface area (Å²) in [4.78, 5) is 4.44. The van der Waals surface area contributed by atoms with Crippen LogP contribution in [0.1, 0.15) is 30.4 Å². The summed E-state index contributed by atoms with van der Waals surface area (Å²) in [7, 11) is 0. The molecule has 0 aliphatic rings. The molecule has 4 nitrogen and oxygen atoms in total. The van der Waals surface area contributed by atoms with Gasteiger partial charge in [-0.25, -0.2) is 0 Å². The van der Waals surface area contributed by atoms with Crippen molar-refractivity contribution in [2.45, 2.75) is 32.3 Å². The van der Waals surface area contributed by atoms with E-state index in [9.17, 15) is 5.11 Å². The van der Waals surface area contributed by atoms with Gasteiger partial charge in [-0.05, 0) is 38.0 Å². The Hall–Kier alpha value is -1.60. The van der Waals surface area contributed by atoms with E-state index in [1.165, 1.54) is 11.1 Å². The van der Waals surface area contributed by atoms with Crippen LogP contribution in [-0.2, 0) is 0 Å². The Bertz CT molecular complexity index is 627. The van der Waals surface area contributed by atoms with Gasteiger partial charge in [0.2, 0.25) is 0 Å². The van der Waals surface area contributed by atoms with Crippen LogP contribution in [-0.4, -0.2) is 23.7 Å². The molecule has 5 heteroatoms. The van der Waals surface area contributed by atoms with E-state index < -0.39 is 0 Å². The van der Waals surface area contributed by atoms with Gasteiger partial charge < -0.3 is 16.2 Å². The Morgan fingerprint density at radius 1 is 1.12 bits per heavy atom. The first-order valence-electron chi connectivity index (χ1n) is 7.91. The zero-order valence-electron chi connectivity index (χ0n) is 14.1. The predicted octanol–water partition coefficient (Wildman–Crippen LogP) is 3.89. The van der Waals surface area contributed by atoms with Gasteiger partial charge in [-0.3, -0.25) is 4.99 Å². The zero-order valence-corrected chi connectivity index (χ0v) is 16.5. The normalized spacial score (nSPS) is 13.7. The second-order valence-corrected chi connectivity index (χ2v) is 5.91. The Morgan fingerprint density at radius 3 is 2.33 bits per heavy atom. The third-order valence-corrected chi connectivity index (χ3v) is 3.70. The molecule has 2 aromatic rings. The van der Waals surface area contributed by atoms with Crippen LogP contribution in [0.25, 0.3) is 0 Å². The van der Waals surface area contributed by atoms with Gasteiger partial charge in [0.25, 0.3) is 0 Å². The van der Waals surface area contributed by atoms with E-state index >= 15 is 0 Å². The second kappa shape index (κ2) is 10.3. The van der Waals surface area contributed by atoms with Crippen LogP contribution in [0, 0.1) is 6.92 Å². The molecule has 24 heavy (non-hydrogen) atoms. The molecule has 130 valence electrons. The van der Waals surface area contributed by atoms with Gasteiger partial charge in [-0.1, -0.05) is 48.0 Å². The summed E-state index contributed by atoms with van der Waals surface area (Å²) < 4.78 is 0. The Labute approximate surface area is 161 Å². The molecule has 2 unspecified atom stereocenters. The first-order chi connectivity index (χ1) is 11.0. The van der Waals surface area contributed by atoms with E-state index in [0.29, 0.717) is 18.9 Å². The summed E-state index contributed by atoms with van der Waals surface area (Å²) in [5.41, 5.74) is 9.27. The van der Waals surface area contributed by atoms with Crippen molar-refractivity contribution < 1.29 is 5.11 Å². The molecule has 0 heterocycles.